The van der Waals surface area contributed by atoms with Crippen molar-refractivity contribution in [1.29, 1.82) is 0 Å². The van der Waals surface area contributed by atoms with Crippen LogP contribution >= 0.6 is 0 Å². The van der Waals surface area contributed by atoms with E-state index < -0.39 is 0 Å². The van der Waals surface area contributed by atoms with Gasteiger partial charge in [0, 0.05) is 0 Å². The van der Waals surface area contributed by atoms with Crippen molar-refractivity contribution in [2.75, 3.05) is 0 Å². The van der Waals surface area contributed by atoms with Gasteiger partial charge in [-0.25, -0.2) is 0 Å². The van der Waals surface area contributed by atoms with Crippen molar-refractivity contribution in [3.63, 3.8) is 0 Å². The van der Waals surface area contributed by atoms with Crippen LogP contribution < -0.4 is 0 Å². The van der Waals surface area contributed by atoms with Gasteiger partial charge < -0.3 is 0 Å². The number of hydrogen-bond acceptors (Lipinski definition) is 0. The summed E-state index contributed by atoms with van der Waals surface area (Å²) in [6.07, 6.45) is 0. The predicted molar refractivity (Wildman–Crippen MR) is 332 cm³/mol. The highest BCUT2D eigenvalue weighted by Crippen LogP contribution is 2.59. The molecule has 0 N–H and O–H groups in total. The van der Waals surface area contributed by atoms with Gasteiger partial charge in [-0.3, -0.25) is 0 Å². The van der Waals surface area contributed by atoms with E-state index in [2.05, 4.69) is 328 Å². The fraction of sp³-hybridized carbons (Fsp3) is 0. The Bertz CT molecular complexity index is 3660. The second-order valence-electron chi connectivity index (χ2n) is 19.7. The first kappa shape index (κ1) is 47.6. The summed E-state index contributed by atoms with van der Waals surface area (Å²) >= 11 is 0. The SMILES string of the molecule is c1ccc(-c2c(-c3ccccc3)c(-c3ccccc3)c(-c3cccc(-c4c(-c5ccccc5)c(-c5ccccc5)c(-c5ccccc5)c(-c5ccccc5)c4-c4ccccc4)c3)c(-c3ccccc3)c2-c2ccccc2)cc1. The molecule has 0 nitrogen and oxygen atoms in total. The molecular formula is C78H54. The molecule has 0 bridgehead atoms. The molecular weight excluding hydrogens is 937 g/mol. The molecule has 0 aliphatic heterocycles. The molecule has 13 rings (SSSR count). The monoisotopic (exact) mass is 990 g/mol. The molecule has 366 valence electrons. The van der Waals surface area contributed by atoms with Gasteiger partial charge in [0.1, 0.15) is 0 Å². The molecule has 0 saturated carbocycles. The maximum absolute atomic E-state index is 2.50. The third-order valence-electron chi connectivity index (χ3n) is 15.1. The third kappa shape index (κ3) is 8.96. The van der Waals surface area contributed by atoms with E-state index in [0.29, 0.717) is 0 Å². The summed E-state index contributed by atoms with van der Waals surface area (Å²) in [6.45, 7) is 0. The first-order valence-corrected chi connectivity index (χ1v) is 26.9. The van der Waals surface area contributed by atoms with Crippen molar-refractivity contribution in [2.24, 2.45) is 0 Å². The van der Waals surface area contributed by atoms with Crippen LogP contribution in [0.2, 0.25) is 0 Å². The van der Waals surface area contributed by atoms with Crippen LogP contribution in [-0.2, 0) is 0 Å². The van der Waals surface area contributed by atoms with Gasteiger partial charge in [-0.1, -0.05) is 322 Å². The van der Waals surface area contributed by atoms with E-state index in [1.165, 1.54) is 66.8 Å². The summed E-state index contributed by atoms with van der Waals surface area (Å²) in [5, 5.41) is 0. The summed E-state index contributed by atoms with van der Waals surface area (Å²) in [6, 6.07) is 120. The number of benzene rings is 13. The summed E-state index contributed by atoms with van der Waals surface area (Å²) in [5.41, 5.74) is 27.9. The molecule has 0 saturated heterocycles. The predicted octanol–water partition coefficient (Wildman–Crippen LogP) is 21.7. The average Bonchev–Trinajstić information content (AvgIpc) is 3.72. The first-order valence-electron chi connectivity index (χ1n) is 26.9. The highest BCUT2D eigenvalue weighted by Gasteiger charge is 2.32. The Morgan fingerprint density at radius 3 is 0.321 bits per heavy atom. The highest BCUT2D eigenvalue weighted by atomic mass is 14.3. The molecule has 0 amide bonds. The van der Waals surface area contributed by atoms with Crippen LogP contribution in [0, 0.1) is 0 Å². The van der Waals surface area contributed by atoms with E-state index in [-0.39, 0.29) is 0 Å². The van der Waals surface area contributed by atoms with Crippen molar-refractivity contribution in [2.45, 2.75) is 0 Å². The van der Waals surface area contributed by atoms with Crippen LogP contribution in [0.4, 0.5) is 0 Å². The second-order valence-corrected chi connectivity index (χ2v) is 19.7. The molecule has 0 spiro atoms. The number of rotatable bonds is 12. The molecule has 0 unspecified atom stereocenters. The van der Waals surface area contributed by atoms with E-state index in [0.717, 1.165) is 66.8 Å². The topological polar surface area (TPSA) is 0 Å². The maximum atomic E-state index is 2.50. The van der Waals surface area contributed by atoms with E-state index in [1.54, 1.807) is 0 Å². The Hall–Kier alpha value is -10.1. The van der Waals surface area contributed by atoms with Gasteiger partial charge in [0.25, 0.3) is 0 Å². The number of hydrogen-bond donors (Lipinski definition) is 0. The van der Waals surface area contributed by atoms with Gasteiger partial charge in [-0.05, 0) is 140 Å². The summed E-state index contributed by atoms with van der Waals surface area (Å²) < 4.78 is 0. The Morgan fingerprint density at radius 2 is 0.192 bits per heavy atom. The van der Waals surface area contributed by atoms with Gasteiger partial charge in [0.2, 0.25) is 0 Å². The molecule has 0 aliphatic rings. The molecule has 0 aliphatic carbocycles. The Balaban J connectivity index is 1.26. The average molecular weight is 991 g/mol. The zero-order valence-electron chi connectivity index (χ0n) is 43.2. The van der Waals surface area contributed by atoms with Crippen molar-refractivity contribution in [3.05, 3.63) is 328 Å². The molecule has 0 aromatic heterocycles. The lowest BCUT2D eigenvalue weighted by atomic mass is 9.73. The lowest BCUT2D eigenvalue weighted by Gasteiger charge is -2.30. The van der Waals surface area contributed by atoms with E-state index in [4.69, 9.17) is 0 Å². The smallest absolute Gasteiger partial charge is 0.00137 e. The van der Waals surface area contributed by atoms with Crippen molar-refractivity contribution < 1.29 is 0 Å². The lowest BCUT2D eigenvalue weighted by molar-refractivity contribution is 1.50. The zero-order valence-corrected chi connectivity index (χ0v) is 43.2. The summed E-state index contributed by atoms with van der Waals surface area (Å²) in [7, 11) is 0. The minimum Gasteiger partial charge on any atom is -0.0622 e. The molecule has 0 radical (unpaired) electrons. The van der Waals surface area contributed by atoms with Crippen LogP contribution in [0.15, 0.2) is 328 Å². The maximum Gasteiger partial charge on any atom is -0.00137 e. The standard InChI is InChI=1S/C78H54/c1-11-32-55(33-12-1)67-69(57-36-15-3-16-37-57)73(61-44-23-7-24-45-61)77(74(62-46-25-8-26-47-62)70(67)58-38-17-4-18-39-58)65-52-31-53-66(54-65)78-75(63-48-27-9-28-49-63)71(59-40-19-5-20-41-59)68(56-34-13-2-14-35-56)72(60-42-21-6-22-43-60)76(78)64-50-29-10-30-51-64/h1-54H. The van der Waals surface area contributed by atoms with Crippen molar-refractivity contribution >= 4 is 0 Å². The van der Waals surface area contributed by atoms with Gasteiger partial charge in [-0.15, -0.1) is 0 Å². The fourth-order valence-electron chi connectivity index (χ4n) is 11.8. The Labute approximate surface area is 458 Å². The minimum absolute atomic E-state index is 1.12. The van der Waals surface area contributed by atoms with Gasteiger partial charge in [-0.2, -0.15) is 0 Å². The Kier molecular flexibility index (Phi) is 13.2. The highest BCUT2D eigenvalue weighted by molar-refractivity contribution is 6.18. The van der Waals surface area contributed by atoms with Crippen molar-refractivity contribution in [1.82, 2.24) is 0 Å². The largest absolute Gasteiger partial charge is 0.0622 e. The molecule has 0 heteroatoms. The van der Waals surface area contributed by atoms with Crippen LogP contribution in [0.25, 0.3) is 134 Å². The van der Waals surface area contributed by atoms with Crippen LogP contribution in [0.3, 0.4) is 0 Å². The van der Waals surface area contributed by atoms with Gasteiger partial charge >= 0.3 is 0 Å². The van der Waals surface area contributed by atoms with Crippen LogP contribution in [0.5, 0.6) is 0 Å². The first-order chi connectivity index (χ1) is 38.8. The lowest BCUT2D eigenvalue weighted by Crippen LogP contribution is -2.03. The van der Waals surface area contributed by atoms with Crippen LogP contribution in [-0.4, -0.2) is 0 Å². The molecule has 78 heavy (non-hydrogen) atoms. The zero-order chi connectivity index (χ0) is 52.0. The van der Waals surface area contributed by atoms with Gasteiger partial charge in [0.05, 0.1) is 0 Å². The van der Waals surface area contributed by atoms with E-state index in [9.17, 15) is 0 Å². The van der Waals surface area contributed by atoms with E-state index >= 15 is 0 Å². The third-order valence-corrected chi connectivity index (χ3v) is 15.1. The van der Waals surface area contributed by atoms with Crippen molar-refractivity contribution in [3.8, 4) is 134 Å². The fourth-order valence-corrected chi connectivity index (χ4v) is 11.8. The molecule has 0 heterocycles. The quantitative estimate of drug-likeness (QED) is 0.114. The Morgan fingerprint density at radius 1 is 0.0897 bits per heavy atom. The molecule has 0 atom stereocenters. The minimum atomic E-state index is 1.12. The summed E-state index contributed by atoms with van der Waals surface area (Å²) in [4.78, 5) is 0. The van der Waals surface area contributed by atoms with E-state index in [1.807, 2.05) is 0 Å². The summed E-state index contributed by atoms with van der Waals surface area (Å²) in [5.74, 6) is 0. The van der Waals surface area contributed by atoms with Crippen LogP contribution in [0.1, 0.15) is 0 Å². The normalized spacial score (nSPS) is 11.1. The molecule has 0 fully saturated rings. The second kappa shape index (κ2) is 21.6. The molecule has 13 aromatic rings. The molecule has 13 aromatic carbocycles. The van der Waals surface area contributed by atoms with Gasteiger partial charge in [0.15, 0.2) is 0 Å².